The Morgan fingerprint density at radius 1 is 0.418 bits per heavy atom. The molecule has 0 saturated carbocycles. The Hall–Kier alpha value is -5.40. The molecular formula is C67H102O12. The van der Waals surface area contributed by atoms with Crippen LogP contribution >= 0.6 is 0 Å². The highest BCUT2D eigenvalue weighted by atomic mass is 16.7. The van der Waals surface area contributed by atoms with Crippen LogP contribution in [0.5, 0.6) is 0 Å². The van der Waals surface area contributed by atoms with Gasteiger partial charge in [-0.25, -0.2) is 4.79 Å². The molecule has 12 nitrogen and oxygen atoms in total. The second-order valence-corrected chi connectivity index (χ2v) is 19.5. The summed E-state index contributed by atoms with van der Waals surface area (Å²) in [7, 11) is 0. The number of carboxylic acid groups (broad SMARTS) is 1. The third kappa shape index (κ3) is 43.1. The van der Waals surface area contributed by atoms with Gasteiger partial charge in [0.15, 0.2) is 24.6 Å². The van der Waals surface area contributed by atoms with Crippen LogP contribution < -0.4 is 0 Å². The van der Waals surface area contributed by atoms with E-state index in [0.717, 1.165) is 135 Å². The van der Waals surface area contributed by atoms with Crippen LogP contribution in [0, 0.1) is 0 Å². The fraction of sp³-hybridized carbons (Fsp3) is 0.582. The fourth-order valence-electron chi connectivity index (χ4n) is 7.94. The number of aliphatic hydroxyl groups is 2. The monoisotopic (exact) mass is 1100 g/mol. The molecule has 0 aromatic rings. The lowest BCUT2D eigenvalue weighted by molar-refractivity contribution is -0.301. The fourth-order valence-corrected chi connectivity index (χ4v) is 7.94. The second-order valence-electron chi connectivity index (χ2n) is 19.5. The predicted octanol–water partition coefficient (Wildman–Crippen LogP) is 15.6. The molecule has 0 bridgehead atoms. The molecule has 12 heteroatoms. The molecule has 0 radical (unpaired) electrons. The maximum absolute atomic E-state index is 13.1. The minimum absolute atomic E-state index is 0.00855. The highest BCUT2D eigenvalue weighted by Gasteiger charge is 2.50. The van der Waals surface area contributed by atoms with E-state index in [0.29, 0.717) is 25.7 Å². The minimum Gasteiger partial charge on any atom is -0.479 e. The number of unbranched alkanes of at least 4 members (excludes halogenated alkanes) is 10. The zero-order valence-corrected chi connectivity index (χ0v) is 48.5. The number of carbonyl (C=O) groups is 4. The van der Waals surface area contributed by atoms with Gasteiger partial charge in [0.05, 0.1) is 6.61 Å². The molecule has 6 atom stereocenters. The summed E-state index contributed by atoms with van der Waals surface area (Å²) in [4.78, 5) is 51.1. The number of aliphatic hydroxyl groups excluding tert-OH is 2. The molecule has 0 amide bonds. The molecule has 0 aliphatic carbocycles. The van der Waals surface area contributed by atoms with Crippen LogP contribution in [0.1, 0.15) is 201 Å². The number of rotatable bonds is 48. The molecule has 1 fully saturated rings. The molecule has 1 heterocycles. The lowest BCUT2D eigenvalue weighted by Crippen LogP contribution is -2.61. The number of hydrogen-bond acceptors (Lipinski definition) is 11. The van der Waals surface area contributed by atoms with Gasteiger partial charge in [-0.15, -0.1) is 0 Å². The summed E-state index contributed by atoms with van der Waals surface area (Å²) in [6, 6.07) is 0. The van der Waals surface area contributed by atoms with E-state index >= 15 is 0 Å². The largest absolute Gasteiger partial charge is 0.479 e. The second kappa shape index (κ2) is 53.3. The van der Waals surface area contributed by atoms with Crippen molar-refractivity contribution in [3.8, 4) is 0 Å². The van der Waals surface area contributed by atoms with Gasteiger partial charge < -0.3 is 39.0 Å². The van der Waals surface area contributed by atoms with E-state index in [1.807, 2.05) is 12.2 Å². The maximum atomic E-state index is 13.1. The van der Waals surface area contributed by atoms with E-state index in [1.54, 1.807) is 0 Å². The van der Waals surface area contributed by atoms with E-state index in [2.05, 4.69) is 154 Å². The number of carboxylic acids is 1. The average molecular weight is 1100 g/mol. The van der Waals surface area contributed by atoms with Crippen LogP contribution in [0.3, 0.4) is 0 Å². The van der Waals surface area contributed by atoms with Gasteiger partial charge in [-0.3, -0.25) is 14.4 Å². The summed E-state index contributed by atoms with van der Waals surface area (Å²) in [6.45, 7) is 5.56. The number of allylic oxidation sites excluding steroid dienone is 24. The van der Waals surface area contributed by atoms with E-state index in [1.165, 1.54) is 0 Å². The molecule has 0 aromatic carbocycles. The summed E-state index contributed by atoms with van der Waals surface area (Å²) >= 11 is 0. The highest BCUT2D eigenvalue weighted by molar-refractivity contribution is 5.74. The van der Waals surface area contributed by atoms with Crippen molar-refractivity contribution in [2.24, 2.45) is 0 Å². The summed E-state index contributed by atoms with van der Waals surface area (Å²) in [5.41, 5.74) is 0. The Labute approximate surface area is 476 Å². The van der Waals surface area contributed by atoms with E-state index < -0.39 is 67.3 Å². The van der Waals surface area contributed by atoms with Gasteiger partial charge in [-0.2, -0.15) is 0 Å². The molecule has 1 aliphatic heterocycles. The van der Waals surface area contributed by atoms with Crippen LogP contribution in [0.15, 0.2) is 146 Å². The van der Waals surface area contributed by atoms with Crippen molar-refractivity contribution in [2.75, 3.05) is 13.2 Å². The molecule has 442 valence electrons. The van der Waals surface area contributed by atoms with Gasteiger partial charge in [0.2, 0.25) is 0 Å². The summed E-state index contributed by atoms with van der Waals surface area (Å²) in [6.07, 6.45) is 64.0. The Bertz CT molecular complexity index is 1930. The molecule has 0 spiro atoms. The molecule has 1 rings (SSSR count). The van der Waals surface area contributed by atoms with Gasteiger partial charge in [0.1, 0.15) is 18.8 Å². The molecule has 1 aliphatic rings. The normalized spacial score (nSPS) is 18.9. The van der Waals surface area contributed by atoms with Gasteiger partial charge in [0.25, 0.3) is 0 Å². The Morgan fingerprint density at radius 3 is 1.20 bits per heavy atom. The van der Waals surface area contributed by atoms with Gasteiger partial charge >= 0.3 is 23.9 Å². The SMILES string of the molecule is CC/C=C\C/C=C\C/C=C\C/C=C\C/C=C\CCCC(=O)OC(COC(=O)CCCCCCCC/C=C\C/C=C\C/C=C\C/C=C\CC)COC1OC(C(=O)O)C(O)C(O)C1OC(=O)CCCCC/C=C\C/C=C\C/C=C\CC. The zero-order chi connectivity index (χ0) is 57.5. The Morgan fingerprint density at radius 2 is 0.772 bits per heavy atom. The quantitative estimate of drug-likeness (QED) is 0.0228. The van der Waals surface area contributed by atoms with Gasteiger partial charge in [-0.05, 0) is 128 Å². The molecule has 1 saturated heterocycles. The van der Waals surface area contributed by atoms with Crippen LogP contribution in [0.25, 0.3) is 0 Å². The minimum atomic E-state index is -1.93. The highest BCUT2D eigenvalue weighted by Crippen LogP contribution is 2.26. The topological polar surface area (TPSA) is 175 Å². The van der Waals surface area contributed by atoms with Gasteiger partial charge in [-0.1, -0.05) is 199 Å². The van der Waals surface area contributed by atoms with Crippen molar-refractivity contribution < 1.29 is 58.2 Å². The van der Waals surface area contributed by atoms with E-state index in [4.69, 9.17) is 23.7 Å². The number of hydrogen-bond donors (Lipinski definition) is 3. The first-order valence-electron chi connectivity index (χ1n) is 29.8. The first kappa shape index (κ1) is 71.6. The average Bonchev–Trinajstić information content (AvgIpc) is 3.46. The van der Waals surface area contributed by atoms with Crippen molar-refractivity contribution in [3.05, 3.63) is 146 Å². The van der Waals surface area contributed by atoms with Crippen LogP contribution in [-0.4, -0.2) is 89.2 Å². The van der Waals surface area contributed by atoms with Crippen LogP contribution in [0.2, 0.25) is 0 Å². The number of carbonyl (C=O) groups excluding carboxylic acids is 3. The molecule has 79 heavy (non-hydrogen) atoms. The van der Waals surface area contributed by atoms with Gasteiger partial charge in [0, 0.05) is 19.3 Å². The Balaban J connectivity index is 2.76. The van der Waals surface area contributed by atoms with E-state index in [-0.39, 0.29) is 25.9 Å². The molecule has 3 N–H and O–H groups in total. The summed E-state index contributed by atoms with van der Waals surface area (Å²) in [5.74, 6) is -3.28. The summed E-state index contributed by atoms with van der Waals surface area (Å²) < 4.78 is 28.3. The third-order valence-electron chi connectivity index (χ3n) is 12.4. The van der Waals surface area contributed by atoms with Crippen LogP contribution in [0.4, 0.5) is 0 Å². The smallest absolute Gasteiger partial charge is 0.335 e. The van der Waals surface area contributed by atoms with Crippen molar-refractivity contribution in [1.29, 1.82) is 0 Å². The van der Waals surface area contributed by atoms with Crippen LogP contribution in [-0.2, 0) is 42.9 Å². The molecule has 0 aromatic heterocycles. The zero-order valence-electron chi connectivity index (χ0n) is 48.5. The number of ether oxygens (including phenoxy) is 5. The van der Waals surface area contributed by atoms with E-state index in [9.17, 15) is 34.5 Å². The molecular weight excluding hydrogens is 997 g/mol. The van der Waals surface area contributed by atoms with Crippen molar-refractivity contribution >= 4 is 23.9 Å². The first-order valence-corrected chi connectivity index (χ1v) is 29.8. The lowest BCUT2D eigenvalue weighted by atomic mass is 9.98. The molecule has 6 unspecified atom stereocenters. The number of esters is 3. The van der Waals surface area contributed by atoms with Crippen molar-refractivity contribution in [1.82, 2.24) is 0 Å². The summed E-state index contributed by atoms with van der Waals surface area (Å²) in [5, 5.41) is 31.5. The number of aliphatic carboxylic acids is 1. The maximum Gasteiger partial charge on any atom is 0.335 e. The van der Waals surface area contributed by atoms with Crippen molar-refractivity contribution in [2.45, 2.75) is 237 Å². The Kier molecular flexibility index (Phi) is 48.3. The predicted molar refractivity (Wildman–Crippen MR) is 321 cm³/mol. The third-order valence-corrected chi connectivity index (χ3v) is 12.4. The lowest BCUT2D eigenvalue weighted by Gasteiger charge is -2.40. The van der Waals surface area contributed by atoms with Crippen molar-refractivity contribution in [3.63, 3.8) is 0 Å². The standard InChI is InChI=1S/C67H102O12/c1-4-7-10-13-16-19-22-25-27-29-30-32-33-36-38-41-44-47-50-53-59(68)75-56-58(77-60(69)54-51-48-45-42-40-37-34-31-28-26-23-20-17-14-11-8-5-2)57-76-67-65(63(72)62(71)64(79-67)66(73)74)78-61(70)55-52-49-46-43-39-35-24-21-18-15-12-9-6-3/h7-12,16-21,25-28,30,32,34-35,37,39,42,45,58,62-65,67,71-72H,4-6,13-15,22-24,29,31,33,36,38,40-41,43-44,46-57H2,1-3H3,(H,73,74)/b10-7-,11-8-,12-9-,19-16-,20-17-,21-18-,27-25-,28-26-,32-30-,37-34-,39-35-,45-42-. The first-order chi connectivity index (χ1) is 38.6.